The van der Waals surface area contributed by atoms with Crippen LogP contribution in [0.4, 0.5) is 5.69 Å². The highest BCUT2D eigenvalue weighted by Crippen LogP contribution is 2.30. The van der Waals surface area contributed by atoms with E-state index in [9.17, 15) is 18.0 Å². The molecule has 0 aromatic heterocycles. The third-order valence-electron chi connectivity index (χ3n) is 7.69. The number of nitrogens with zero attached hydrogens (tertiary/aromatic N) is 1. The molecule has 0 radical (unpaired) electrons. The fourth-order valence-electron chi connectivity index (χ4n) is 5.54. The molecule has 38 heavy (non-hydrogen) atoms. The van der Waals surface area contributed by atoms with Crippen LogP contribution in [-0.4, -0.2) is 56.9 Å². The summed E-state index contributed by atoms with van der Waals surface area (Å²) in [4.78, 5) is 27.8. The number of aryl methyl sites for hydroxylation is 1. The quantitative estimate of drug-likeness (QED) is 0.447. The van der Waals surface area contributed by atoms with E-state index in [0.29, 0.717) is 41.5 Å². The second-order valence-electron chi connectivity index (χ2n) is 10.4. The normalized spacial score (nSPS) is 21.9. The average molecular weight is 535 g/mol. The van der Waals surface area contributed by atoms with Crippen LogP contribution >= 0.6 is 0 Å². The third-order valence-corrected chi connectivity index (χ3v) is 9.24. The number of piperidine rings is 1. The zero-order valence-corrected chi connectivity index (χ0v) is 22.6. The van der Waals surface area contributed by atoms with Crippen molar-refractivity contribution in [3.63, 3.8) is 0 Å². The Kier molecular flexibility index (Phi) is 7.52. The molecule has 2 amide bonds. The van der Waals surface area contributed by atoms with E-state index in [1.807, 2.05) is 43.0 Å². The number of sulfonamides is 1. The zero-order chi connectivity index (χ0) is 26.9. The molecule has 3 aromatic rings. The Morgan fingerprint density at radius 2 is 1.74 bits per heavy atom. The van der Waals surface area contributed by atoms with Crippen LogP contribution in [-0.2, 0) is 14.8 Å². The summed E-state index contributed by atoms with van der Waals surface area (Å²) in [7, 11) is -3.86. The van der Waals surface area contributed by atoms with E-state index in [0.717, 1.165) is 24.9 Å². The first-order valence-corrected chi connectivity index (χ1v) is 14.7. The molecule has 8 nitrogen and oxygen atoms in total. The number of rotatable bonds is 6. The van der Waals surface area contributed by atoms with Crippen molar-refractivity contribution in [2.24, 2.45) is 5.92 Å². The van der Waals surface area contributed by atoms with E-state index in [1.165, 1.54) is 0 Å². The van der Waals surface area contributed by atoms with Crippen LogP contribution in [0.15, 0.2) is 65.6 Å². The molecule has 0 unspecified atom stereocenters. The summed E-state index contributed by atoms with van der Waals surface area (Å²) >= 11 is 0. The first-order chi connectivity index (χ1) is 18.2. The zero-order valence-electron chi connectivity index (χ0n) is 21.7. The topological polar surface area (TPSA) is 108 Å². The van der Waals surface area contributed by atoms with Crippen molar-refractivity contribution in [1.82, 2.24) is 14.9 Å². The standard InChI is InChI=1S/C29H34N4O4S/c1-19-8-3-4-9-21(19)28(34)31-25-12-5-11-23-22(25)10-6-14-27(23)38(36,37)32-24-15-17-33(18-20(24)2)29(35)26-13-7-16-30-26/h3-6,8-12,14,20,24,26,30,32H,7,13,15-18H2,1-2H3,(H,31,34)/t20-,24-,26-/m0/s1. The maximum absolute atomic E-state index is 13.6. The maximum atomic E-state index is 13.6. The minimum Gasteiger partial charge on any atom is -0.341 e. The molecular formula is C29H34N4O4S. The molecule has 0 bridgehead atoms. The molecule has 5 rings (SSSR count). The summed E-state index contributed by atoms with van der Waals surface area (Å²) in [5.41, 5.74) is 1.98. The van der Waals surface area contributed by atoms with Gasteiger partial charge in [-0.05, 0) is 62.4 Å². The van der Waals surface area contributed by atoms with Crippen molar-refractivity contribution < 1.29 is 18.0 Å². The van der Waals surface area contributed by atoms with Crippen LogP contribution in [0, 0.1) is 12.8 Å². The van der Waals surface area contributed by atoms with Crippen LogP contribution < -0.4 is 15.4 Å². The van der Waals surface area contributed by atoms with E-state index in [1.54, 1.807) is 36.4 Å². The maximum Gasteiger partial charge on any atom is 0.255 e. The number of fused-ring (bicyclic) bond motifs is 1. The van der Waals surface area contributed by atoms with Crippen LogP contribution in [0.5, 0.6) is 0 Å². The summed E-state index contributed by atoms with van der Waals surface area (Å²) in [6.45, 7) is 5.77. The summed E-state index contributed by atoms with van der Waals surface area (Å²) < 4.78 is 30.1. The number of nitrogens with one attached hydrogen (secondary N) is 3. The Morgan fingerprint density at radius 1 is 0.974 bits per heavy atom. The number of amides is 2. The first-order valence-electron chi connectivity index (χ1n) is 13.2. The number of carbonyl (C=O) groups is 2. The molecule has 3 atom stereocenters. The van der Waals surface area contributed by atoms with Gasteiger partial charge in [-0.15, -0.1) is 0 Å². The van der Waals surface area contributed by atoms with E-state index in [2.05, 4.69) is 15.4 Å². The van der Waals surface area contributed by atoms with Crippen molar-refractivity contribution in [3.8, 4) is 0 Å². The lowest BCUT2D eigenvalue weighted by Gasteiger charge is -2.38. The minimum absolute atomic E-state index is 0.0252. The van der Waals surface area contributed by atoms with E-state index >= 15 is 0 Å². The van der Waals surface area contributed by atoms with E-state index in [4.69, 9.17) is 0 Å². The smallest absolute Gasteiger partial charge is 0.255 e. The lowest BCUT2D eigenvalue weighted by atomic mass is 9.94. The number of hydrogen-bond acceptors (Lipinski definition) is 5. The summed E-state index contributed by atoms with van der Waals surface area (Å²) in [6, 6.07) is 17.3. The summed E-state index contributed by atoms with van der Waals surface area (Å²) in [5, 5.41) is 7.39. The Labute approximate surface area is 223 Å². The van der Waals surface area contributed by atoms with Gasteiger partial charge in [-0.1, -0.05) is 49.4 Å². The van der Waals surface area contributed by atoms with Gasteiger partial charge < -0.3 is 15.5 Å². The predicted molar refractivity (Wildman–Crippen MR) is 149 cm³/mol. The van der Waals surface area contributed by atoms with Gasteiger partial charge >= 0.3 is 0 Å². The molecule has 0 saturated carbocycles. The third kappa shape index (κ3) is 5.32. The Bertz CT molecular complexity index is 1470. The van der Waals surface area contributed by atoms with Crippen molar-refractivity contribution >= 4 is 38.3 Å². The molecule has 3 aromatic carbocycles. The SMILES string of the molecule is Cc1ccccc1C(=O)Nc1cccc2c(S(=O)(=O)N[C@H]3CCN(C(=O)[C@@H]4CCCN4)C[C@@H]3C)cccc12. The number of carbonyl (C=O) groups excluding carboxylic acids is 2. The number of anilines is 1. The molecule has 2 heterocycles. The van der Waals surface area contributed by atoms with Crippen molar-refractivity contribution in [2.45, 2.75) is 50.1 Å². The lowest BCUT2D eigenvalue weighted by molar-refractivity contribution is -0.135. The lowest BCUT2D eigenvalue weighted by Crippen LogP contribution is -2.54. The number of hydrogen-bond donors (Lipinski definition) is 3. The fraction of sp³-hybridized carbons (Fsp3) is 0.379. The minimum atomic E-state index is -3.86. The second-order valence-corrected chi connectivity index (χ2v) is 12.0. The van der Waals surface area contributed by atoms with E-state index in [-0.39, 0.29) is 34.7 Å². The van der Waals surface area contributed by atoms with Crippen molar-refractivity contribution in [2.75, 3.05) is 25.0 Å². The molecule has 2 fully saturated rings. The molecule has 0 aliphatic carbocycles. The number of benzene rings is 3. The Balaban J connectivity index is 1.34. The molecule has 9 heteroatoms. The highest BCUT2D eigenvalue weighted by atomic mass is 32.2. The molecule has 2 aliphatic heterocycles. The van der Waals surface area contributed by atoms with Gasteiger partial charge in [-0.25, -0.2) is 13.1 Å². The van der Waals surface area contributed by atoms with Gasteiger partial charge in [-0.2, -0.15) is 0 Å². The van der Waals surface area contributed by atoms with E-state index < -0.39 is 10.0 Å². The van der Waals surface area contributed by atoms with Crippen molar-refractivity contribution in [3.05, 3.63) is 71.8 Å². The van der Waals surface area contributed by atoms with Gasteiger partial charge in [0, 0.05) is 41.2 Å². The van der Waals surface area contributed by atoms with Gasteiger partial charge in [0.05, 0.1) is 10.9 Å². The van der Waals surface area contributed by atoms with Gasteiger partial charge in [0.2, 0.25) is 15.9 Å². The van der Waals surface area contributed by atoms with Crippen molar-refractivity contribution in [1.29, 1.82) is 0 Å². The second kappa shape index (κ2) is 10.8. The largest absolute Gasteiger partial charge is 0.341 e. The van der Waals surface area contributed by atoms with Gasteiger partial charge in [-0.3, -0.25) is 9.59 Å². The number of likely N-dealkylation sites (tertiary alicyclic amines) is 1. The monoisotopic (exact) mass is 534 g/mol. The van der Waals surface area contributed by atoms with Crippen LogP contribution in [0.2, 0.25) is 0 Å². The Morgan fingerprint density at radius 3 is 2.47 bits per heavy atom. The average Bonchev–Trinajstić information content (AvgIpc) is 3.44. The summed E-state index contributed by atoms with van der Waals surface area (Å²) in [6.07, 6.45) is 2.42. The first kappa shape index (κ1) is 26.3. The van der Waals surface area contributed by atoms with Crippen LogP contribution in [0.1, 0.15) is 42.1 Å². The predicted octanol–water partition coefficient (Wildman–Crippen LogP) is 3.67. The highest BCUT2D eigenvalue weighted by molar-refractivity contribution is 7.89. The highest BCUT2D eigenvalue weighted by Gasteiger charge is 2.35. The van der Waals surface area contributed by atoms with Crippen LogP contribution in [0.3, 0.4) is 0 Å². The molecule has 200 valence electrons. The Hall–Kier alpha value is -3.27. The molecule has 2 saturated heterocycles. The molecule has 2 aliphatic rings. The summed E-state index contributed by atoms with van der Waals surface area (Å²) in [5.74, 6) is -0.155. The van der Waals surface area contributed by atoms with Gasteiger partial charge in [0.1, 0.15) is 0 Å². The fourth-order valence-corrected chi connectivity index (χ4v) is 7.14. The van der Waals surface area contributed by atoms with Gasteiger partial charge in [0.25, 0.3) is 5.91 Å². The molecule has 3 N–H and O–H groups in total. The molecular weight excluding hydrogens is 500 g/mol. The van der Waals surface area contributed by atoms with Crippen LogP contribution in [0.25, 0.3) is 10.8 Å². The molecule has 0 spiro atoms. The van der Waals surface area contributed by atoms with Gasteiger partial charge in [0.15, 0.2) is 0 Å².